The monoisotopic (exact) mass is 270 g/mol. The number of pyridine rings is 1. The first kappa shape index (κ1) is 14.1. The second kappa shape index (κ2) is 5.74. The quantitative estimate of drug-likeness (QED) is 0.900. The number of hydrogen-bond donors (Lipinski definition) is 2. The van der Waals surface area contributed by atoms with Crippen molar-refractivity contribution < 1.29 is 4.79 Å². The SMILES string of the molecule is Cc1cc(=O)c(C(=O)NC(C)c2ccccc2C)c[nH]1. The van der Waals surface area contributed by atoms with Crippen molar-refractivity contribution in [3.8, 4) is 0 Å². The third-order valence-corrected chi connectivity index (χ3v) is 3.30. The summed E-state index contributed by atoms with van der Waals surface area (Å²) in [6, 6.07) is 9.13. The summed E-state index contributed by atoms with van der Waals surface area (Å²) in [5.41, 5.74) is 2.76. The Morgan fingerprint density at radius 3 is 2.60 bits per heavy atom. The summed E-state index contributed by atoms with van der Waals surface area (Å²) in [5.74, 6) is -0.359. The highest BCUT2D eigenvalue weighted by molar-refractivity contribution is 5.94. The van der Waals surface area contributed by atoms with Gasteiger partial charge in [0.15, 0.2) is 5.43 Å². The number of hydrogen-bond acceptors (Lipinski definition) is 2. The predicted molar refractivity (Wildman–Crippen MR) is 78.9 cm³/mol. The molecule has 2 N–H and O–H groups in total. The molecule has 0 saturated heterocycles. The largest absolute Gasteiger partial charge is 0.364 e. The normalized spacial score (nSPS) is 11.9. The molecule has 0 bridgehead atoms. The Bertz CT molecular complexity index is 689. The van der Waals surface area contributed by atoms with Crippen molar-refractivity contribution in [2.75, 3.05) is 0 Å². The number of carbonyl (C=O) groups excluding carboxylic acids is 1. The van der Waals surface area contributed by atoms with Gasteiger partial charge in [0.1, 0.15) is 5.56 Å². The molecule has 1 amide bonds. The van der Waals surface area contributed by atoms with E-state index < -0.39 is 0 Å². The standard InChI is InChI=1S/C16H18N2O2/c1-10-6-4-5-7-13(10)12(3)18-16(20)14-9-17-11(2)8-15(14)19/h4-9,12H,1-3H3,(H,17,19)(H,18,20). The Labute approximate surface area is 117 Å². The van der Waals surface area contributed by atoms with E-state index >= 15 is 0 Å². The molecule has 1 aromatic heterocycles. The van der Waals surface area contributed by atoms with Gasteiger partial charge in [-0.1, -0.05) is 24.3 Å². The predicted octanol–water partition coefficient (Wildman–Crippen LogP) is 2.48. The van der Waals surface area contributed by atoms with Crippen LogP contribution in [0.3, 0.4) is 0 Å². The molecule has 0 saturated carbocycles. The van der Waals surface area contributed by atoms with Gasteiger partial charge in [0, 0.05) is 18.0 Å². The molecule has 4 nitrogen and oxygen atoms in total. The van der Waals surface area contributed by atoms with Crippen LogP contribution >= 0.6 is 0 Å². The summed E-state index contributed by atoms with van der Waals surface area (Å²) in [6.07, 6.45) is 1.46. The average molecular weight is 270 g/mol. The Morgan fingerprint density at radius 2 is 1.95 bits per heavy atom. The van der Waals surface area contributed by atoms with Crippen LogP contribution in [-0.4, -0.2) is 10.9 Å². The first-order valence-corrected chi connectivity index (χ1v) is 6.54. The number of nitrogens with one attached hydrogen (secondary N) is 2. The number of rotatable bonds is 3. The molecule has 1 heterocycles. The highest BCUT2D eigenvalue weighted by Gasteiger charge is 2.15. The Kier molecular flexibility index (Phi) is 4.03. The van der Waals surface area contributed by atoms with Crippen LogP contribution in [0.2, 0.25) is 0 Å². The molecule has 104 valence electrons. The Morgan fingerprint density at radius 1 is 1.25 bits per heavy atom. The lowest BCUT2D eigenvalue weighted by atomic mass is 10.0. The van der Waals surface area contributed by atoms with E-state index in [0.717, 1.165) is 16.8 Å². The van der Waals surface area contributed by atoms with Crippen molar-refractivity contribution in [2.45, 2.75) is 26.8 Å². The van der Waals surface area contributed by atoms with Gasteiger partial charge in [-0.2, -0.15) is 0 Å². The van der Waals surface area contributed by atoms with Gasteiger partial charge < -0.3 is 10.3 Å². The minimum absolute atomic E-state index is 0.135. The van der Waals surface area contributed by atoms with Crippen LogP contribution in [0.1, 0.15) is 40.1 Å². The highest BCUT2D eigenvalue weighted by atomic mass is 16.2. The number of aryl methyl sites for hydroxylation is 2. The van der Waals surface area contributed by atoms with Crippen LogP contribution in [0.4, 0.5) is 0 Å². The smallest absolute Gasteiger partial charge is 0.257 e. The van der Waals surface area contributed by atoms with Crippen LogP contribution in [-0.2, 0) is 0 Å². The fraction of sp³-hybridized carbons (Fsp3) is 0.250. The fourth-order valence-corrected chi connectivity index (χ4v) is 2.18. The topological polar surface area (TPSA) is 62.0 Å². The van der Waals surface area contributed by atoms with Gasteiger partial charge in [0.05, 0.1) is 6.04 Å². The van der Waals surface area contributed by atoms with Gasteiger partial charge >= 0.3 is 0 Å². The number of amides is 1. The molecule has 1 atom stereocenters. The number of aromatic amines is 1. The molecule has 0 aliphatic rings. The summed E-state index contributed by atoms with van der Waals surface area (Å²) in [7, 11) is 0. The molecule has 1 aromatic carbocycles. The van der Waals surface area contributed by atoms with E-state index in [4.69, 9.17) is 0 Å². The Hall–Kier alpha value is -2.36. The van der Waals surface area contributed by atoms with E-state index in [-0.39, 0.29) is 22.9 Å². The van der Waals surface area contributed by atoms with E-state index in [9.17, 15) is 9.59 Å². The molecular formula is C16H18N2O2. The lowest BCUT2D eigenvalue weighted by molar-refractivity contribution is 0.0938. The van der Waals surface area contributed by atoms with Gasteiger partial charge in [-0.15, -0.1) is 0 Å². The van der Waals surface area contributed by atoms with Gasteiger partial charge in [0.2, 0.25) is 0 Å². The van der Waals surface area contributed by atoms with Crippen molar-refractivity contribution in [3.05, 3.63) is 69.1 Å². The number of aromatic nitrogens is 1. The zero-order valence-electron chi connectivity index (χ0n) is 11.9. The van der Waals surface area contributed by atoms with E-state index in [1.54, 1.807) is 6.92 Å². The van der Waals surface area contributed by atoms with Gasteiger partial charge in [-0.25, -0.2) is 0 Å². The highest BCUT2D eigenvalue weighted by Crippen LogP contribution is 2.16. The van der Waals surface area contributed by atoms with Crippen LogP contribution in [0, 0.1) is 13.8 Å². The zero-order chi connectivity index (χ0) is 14.7. The van der Waals surface area contributed by atoms with Crippen molar-refractivity contribution in [3.63, 3.8) is 0 Å². The summed E-state index contributed by atoms with van der Waals surface area (Å²) < 4.78 is 0. The summed E-state index contributed by atoms with van der Waals surface area (Å²) >= 11 is 0. The first-order valence-electron chi connectivity index (χ1n) is 6.54. The average Bonchev–Trinajstić information content (AvgIpc) is 2.38. The second-order valence-corrected chi connectivity index (χ2v) is 4.95. The minimum atomic E-state index is -0.359. The molecule has 2 aromatic rings. The van der Waals surface area contributed by atoms with Crippen molar-refractivity contribution in [1.82, 2.24) is 10.3 Å². The van der Waals surface area contributed by atoms with E-state index in [1.807, 2.05) is 38.1 Å². The van der Waals surface area contributed by atoms with E-state index in [0.29, 0.717) is 0 Å². The summed E-state index contributed by atoms with van der Waals surface area (Å²) in [6.45, 7) is 5.68. The zero-order valence-corrected chi connectivity index (χ0v) is 11.9. The summed E-state index contributed by atoms with van der Waals surface area (Å²) in [4.78, 5) is 26.8. The molecule has 0 radical (unpaired) electrons. The van der Waals surface area contributed by atoms with Crippen LogP contribution in [0.15, 0.2) is 41.3 Å². The van der Waals surface area contributed by atoms with E-state index in [2.05, 4.69) is 10.3 Å². The number of H-pyrrole nitrogens is 1. The maximum atomic E-state index is 12.1. The molecular weight excluding hydrogens is 252 g/mol. The maximum Gasteiger partial charge on any atom is 0.257 e. The fourth-order valence-electron chi connectivity index (χ4n) is 2.18. The number of carbonyl (C=O) groups is 1. The first-order chi connectivity index (χ1) is 9.49. The van der Waals surface area contributed by atoms with E-state index in [1.165, 1.54) is 12.3 Å². The molecule has 2 rings (SSSR count). The van der Waals surface area contributed by atoms with Crippen LogP contribution in [0.25, 0.3) is 0 Å². The molecule has 4 heteroatoms. The van der Waals surface area contributed by atoms with Crippen molar-refractivity contribution in [2.24, 2.45) is 0 Å². The third kappa shape index (κ3) is 2.96. The molecule has 1 unspecified atom stereocenters. The molecule has 0 aliphatic heterocycles. The van der Waals surface area contributed by atoms with Crippen molar-refractivity contribution >= 4 is 5.91 Å². The third-order valence-electron chi connectivity index (χ3n) is 3.30. The Balaban J connectivity index is 2.20. The van der Waals surface area contributed by atoms with Gasteiger partial charge in [-0.05, 0) is 31.9 Å². The van der Waals surface area contributed by atoms with Crippen molar-refractivity contribution in [1.29, 1.82) is 0 Å². The molecule has 0 spiro atoms. The lowest BCUT2D eigenvalue weighted by Crippen LogP contribution is -2.31. The van der Waals surface area contributed by atoms with Gasteiger partial charge in [-0.3, -0.25) is 9.59 Å². The van der Waals surface area contributed by atoms with Crippen LogP contribution in [0.5, 0.6) is 0 Å². The summed E-state index contributed by atoms with van der Waals surface area (Å²) in [5, 5.41) is 2.85. The molecule has 0 fully saturated rings. The molecule has 20 heavy (non-hydrogen) atoms. The van der Waals surface area contributed by atoms with Gasteiger partial charge in [0.25, 0.3) is 5.91 Å². The molecule has 0 aliphatic carbocycles. The lowest BCUT2D eigenvalue weighted by Gasteiger charge is -2.16. The minimum Gasteiger partial charge on any atom is -0.364 e. The maximum absolute atomic E-state index is 12.1. The second-order valence-electron chi connectivity index (χ2n) is 4.95. The number of benzene rings is 1. The van der Waals surface area contributed by atoms with Crippen LogP contribution < -0.4 is 10.7 Å².